The van der Waals surface area contributed by atoms with E-state index in [-0.39, 0.29) is 17.3 Å². The number of anilines is 2. The fourth-order valence-corrected chi connectivity index (χ4v) is 5.01. The minimum absolute atomic E-state index is 0.0373. The zero-order chi connectivity index (χ0) is 21.6. The van der Waals surface area contributed by atoms with Crippen LogP contribution in [0.5, 0.6) is 0 Å². The molecule has 156 valence electrons. The Bertz CT molecular complexity index is 1310. The summed E-state index contributed by atoms with van der Waals surface area (Å²) in [5, 5.41) is 8.46. The Morgan fingerprint density at radius 1 is 1.03 bits per heavy atom. The van der Waals surface area contributed by atoms with Gasteiger partial charge in [0.2, 0.25) is 5.91 Å². The molecule has 0 bridgehead atoms. The molecule has 2 aromatic heterocycles. The summed E-state index contributed by atoms with van der Waals surface area (Å²) in [6.07, 6.45) is -1.19. The van der Waals surface area contributed by atoms with Crippen LogP contribution in [0, 0.1) is 0 Å². The van der Waals surface area contributed by atoms with Gasteiger partial charge in [0, 0.05) is 22.2 Å². The molecule has 0 radical (unpaired) electrons. The molecule has 2 aromatic carbocycles. The molecule has 11 heteroatoms. The first-order valence-electron chi connectivity index (χ1n) is 9.01. The highest BCUT2D eigenvalue weighted by Crippen LogP contribution is 2.49. The minimum atomic E-state index is -4.51. The van der Waals surface area contributed by atoms with E-state index < -0.39 is 11.7 Å². The zero-order valence-electron chi connectivity index (χ0n) is 15.6. The zero-order valence-corrected chi connectivity index (χ0v) is 17.2. The highest BCUT2D eigenvalue weighted by atomic mass is 32.2. The smallest absolute Gasteiger partial charge is 0.278 e. The topological polar surface area (TPSA) is 63.4 Å². The average Bonchev–Trinajstić information content (AvgIpc) is 3.18. The van der Waals surface area contributed by atoms with Crippen LogP contribution < -0.4 is 4.90 Å². The summed E-state index contributed by atoms with van der Waals surface area (Å²) in [7, 11) is 0. The third-order valence-corrected chi connectivity index (χ3v) is 6.64. The van der Waals surface area contributed by atoms with Gasteiger partial charge in [-0.05, 0) is 36.4 Å². The second-order valence-corrected chi connectivity index (χ2v) is 8.57. The van der Waals surface area contributed by atoms with Crippen LogP contribution in [-0.4, -0.2) is 31.2 Å². The van der Waals surface area contributed by atoms with Gasteiger partial charge in [-0.25, -0.2) is 4.98 Å². The fraction of sp³-hybridized carbons (Fsp3) is 0.100. The predicted molar refractivity (Wildman–Crippen MR) is 111 cm³/mol. The first kappa shape index (κ1) is 19.9. The number of hydrogen-bond acceptors (Lipinski definition) is 6. The van der Waals surface area contributed by atoms with E-state index in [1.807, 2.05) is 12.1 Å². The van der Waals surface area contributed by atoms with Gasteiger partial charge in [0.1, 0.15) is 0 Å². The Morgan fingerprint density at radius 2 is 1.84 bits per heavy atom. The number of hydrogen-bond donors (Lipinski definition) is 0. The van der Waals surface area contributed by atoms with Crippen molar-refractivity contribution in [2.45, 2.75) is 21.1 Å². The molecular weight excluding hydrogens is 447 g/mol. The Morgan fingerprint density at radius 3 is 2.68 bits per heavy atom. The summed E-state index contributed by atoms with van der Waals surface area (Å²) in [5.74, 6) is 0.000910. The maximum absolute atomic E-state index is 13.3. The summed E-state index contributed by atoms with van der Waals surface area (Å²) in [4.78, 5) is 20.1. The number of halogens is 3. The van der Waals surface area contributed by atoms with Gasteiger partial charge < -0.3 is 0 Å². The molecule has 6 nitrogen and oxygen atoms in total. The van der Waals surface area contributed by atoms with Crippen LogP contribution in [-0.2, 0) is 11.0 Å². The Labute approximate surface area is 182 Å². The molecule has 0 aliphatic carbocycles. The highest BCUT2D eigenvalue weighted by molar-refractivity contribution is 8.00. The van der Waals surface area contributed by atoms with Crippen LogP contribution in [0.3, 0.4) is 0 Å². The molecule has 5 rings (SSSR count). The van der Waals surface area contributed by atoms with Gasteiger partial charge in [0.05, 0.1) is 22.7 Å². The van der Waals surface area contributed by atoms with Crippen molar-refractivity contribution in [2.75, 3.05) is 10.7 Å². The lowest BCUT2D eigenvalue weighted by molar-refractivity contribution is -0.137. The van der Waals surface area contributed by atoms with Crippen molar-refractivity contribution in [3.05, 3.63) is 66.5 Å². The third kappa shape index (κ3) is 3.63. The molecule has 0 saturated carbocycles. The molecule has 1 aliphatic heterocycles. The van der Waals surface area contributed by atoms with Gasteiger partial charge in [0.25, 0.3) is 5.78 Å². The van der Waals surface area contributed by atoms with Crippen LogP contribution in [0.4, 0.5) is 24.5 Å². The van der Waals surface area contributed by atoms with E-state index in [1.54, 1.807) is 35.0 Å². The molecule has 4 aromatic rings. The molecule has 0 spiro atoms. The molecule has 0 saturated heterocycles. The molecule has 0 atom stereocenters. The summed E-state index contributed by atoms with van der Waals surface area (Å²) in [5.41, 5.74) is -0.0270. The first-order chi connectivity index (χ1) is 14.9. The number of thioether (sulfide) groups is 1. The van der Waals surface area contributed by atoms with Crippen LogP contribution in [0.15, 0.2) is 75.9 Å². The molecule has 3 heterocycles. The van der Waals surface area contributed by atoms with Crippen LogP contribution >= 0.6 is 23.5 Å². The normalized spacial score (nSPS) is 13.2. The van der Waals surface area contributed by atoms with Crippen LogP contribution in [0.1, 0.15) is 5.56 Å². The Kier molecular flexibility index (Phi) is 4.86. The molecule has 1 amide bonds. The van der Waals surface area contributed by atoms with Crippen LogP contribution in [0.2, 0.25) is 0 Å². The number of para-hydroxylation sites is 1. The van der Waals surface area contributed by atoms with Crippen molar-refractivity contribution in [1.29, 1.82) is 0 Å². The monoisotopic (exact) mass is 459 g/mol. The number of carbonyl (C=O) groups is 1. The van der Waals surface area contributed by atoms with Gasteiger partial charge >= 0.3 is 6.18 Å². The standard InChI is InChI=1S/C20H12F3N5OS2/c21-20(22,23)12-6-7-16-14(10-12)28(13-4-1-2-5-15(13)31-16)17(29)11-30-19-26-25-18-24-8-3-9-27(18)19/h1-10H,11H2. The van der Waals surface area contributed by atoms with Gasteiger partial charge in [-0.1, -0.05) is 35.7 Å². The number of rotatable bonds is 3. The number of amides is 1. The lowest BCUT2D eigenvalue weighted by Gasteiger charge is -2.31. The molecule has 0 unspecified atom stereocenters. The molecular formula is C20H12F3N5OS2. The maximum Gasteiger partial charge on any atom is 0.416 e. The molecule has 31 heavy (non-hydrogen) atoms. The van der Waals surface area contributed by atoms with Crippen molar-refractivity contribution in [3.8, 4) is 0 Å². The van der Waals surface area contributed by atoms with Crippen molar-refractivity contribution in [3.63, 3.8) is 0 Å². The van der Waals surface area contributed by atoms with Crippen molar-refractivity contribution < 1.29 is 18.0 Å². The highest BCUT2D eigenvalue weighted by Gasteiger charge is 2.34. The third-order valence-electron chi connectivity index (χ3n) is 4.59. The summed E-state index contributed by atoms with van der Waals surface area (Å²) >= 11 is 2.48. The molecule has 1 aliphatic rings. The second kappa shape index (κ2) is 7.57. The maximum atomic E-state index is 13.3. The van der Waals surface area contributed by atoms with E-state index in [2.05, 4.69) is 15.2 Å². The van der Waals surface area contributed by atoms with E-state index in [0.29, 0.717) is 21.5 Å². The number of fused-ring (bicyclic) bond motifs is 3. The molecule has 0 N–H and O–H groups in total. The van der Waals surface area contributed by atoms with E-state index >= 15 is 0 Å². The minimum Gasteiger partial charge on any atom is -0.278 e. The SMILES string of the molecule is O=C(CSc1nnc2ncccn12)N1c2ccccc2Sc2ccc(C(F)(F)F)cc21. The Hall–Kier alpha value is -3.05. The lowest BCUT2D eigenvalue weighted by atomic mass is 10.1. The lowest BCUT2D eigenvalue weighted by Crippen LogP contribution is -2.30. The summed E-state index contributed by atoms with van der Waals surface area (Å²) in [6.45, 7) is 0. The van der Waals surface area contributed by atoms with E-state index in [0.717, 1.165) is 28.8 Å². The Balaban J connectivity index is 1.50. The number of benzene rings is 2. The summed E-state index contributed by atoms with van der Waals surface area (Å²) < 4.78 is 41.6. The van der Waals surface area contributed by atoms with Crippen LogP contribution in [0.25, 0.3) is 5.78 Å². The van der Waals surface area contributed by atoms with Gasteiger partial charge in [-0.2, -0.15) is 13.2 Å². The average molecular weight is 459 g/mol. The quantitative estimate of drug-likeness (QED) is 0.399. The number of aromatic nitrogens is 4. The fourth-order valence-electron chi connectivity index (χ4n) is 3.21. The molecule has 0 fully saturated rings. The largest absolute Gasteiger partial charge is 0.416 e. The number of nitrogens with zero attached hydrogens (tertiary/aromatic N) is 5. The van der Waals surface area contributed by atoms with Crippen molar-refractivity contribution in [2.24, 2.45) is 0 Å². The van der Waals surface area contributed by atoms with E-state index in [1.165, 1.54) is 22.7 Å². The van der Waals surface area contributed by atoms with E-state index in [4.69, 9.17) is 0 Å². The second-order valence-electron chi connectivity index (χ2n) is 6.54. The van der Waals surface area contributed by atoms with Gasteiger partial charge in [0.15, 0.2) is 5.16 Å². The first-order valence-corrected chi connectivity index (χ1v) is 10.8. The van der Waals surface area contributed by atoms with Gasteiger partial charge in [-0.3, -0.25) is 14.1 Å². The van der Waals surface area contributed by atoms with Gasteiger partial charge in [-0.15, -0.1) is 10.2 Å². The van der Waals surface area contributed by atoms with E-state index in [9.17, 15) is 18.0 Å². The number of carbonyl (C=O) groups excluding carboxylic acids is 1. The van der Waals surface area contributed by atoms with Crippen molar-refractivity contribution >= 4 is 46.6 Å². The predicted octanol–water partition coefficient (Wildman–Crippen LogP) is 5.06. The number of alkyl halides is 3. The van der Waals surface area contributed by atoms with Crippen molar-refractivity contribution in [1.82, 2.24) is 19.6 Å². The summed E-state index contributed by atoms with van der Waals surface area (Å²) in [6, 6.07) is 12.3.